The zero-order valence-corrected chi connectivity index (χ0v) is 14.6. The minimum atomic E-state index is -4.59. The van der Waals surface area contributed by atoms with Gasteiger partial charge >= 0.3 is 6.18 Å². The monoisotopic (exact) mass is 382 g/mol. The highest BCUT2D eigenvalue weighted by molar-refractivity contribution is 6.07. The molecule has 3 rings (SSSR count). The van der Waals surface area contributed by atoms with Gasteiger partial charge in [0.2, 0.25) is 0 Å². The number of nitrogens with one attached hydrogen (secondary N) is 1. The van der Waals surface area contributed by atoms with Gasteiger partial charge in [-0.1, -0.05) is 30.3 Å². The van der Waals surface area contributed by atoms with Gasteiger partial charge in [-0.15, -0.1) is 0 Å². The van der Waals surface area contributed by atoms with Crippen LogP contribution in [0.5, 0.6) is 0 Å². The molecule has 1 aromatic rings. The van der Waals surface area contributed by atoms with Crippen molar-refractivity contribution in [1.82, 2.24) is 10.2 Å². The van der Waals surface area contributed by atoms with E-state index in [1.54, 1.807) is 0 Å². The van der Waals surface area contributed by atoms with E-state index in [4.69, 9.17) is 0 Å². The molecule has 0 aromatic heterocycles. The van der Waals surface area contributed by atoms with Crippen LogP contribution < -0.4 is 5.32 Å². The van der Waals surface area contributed by atoms with Gasteiger partial charge in [-0.25, -0.2) is 0 Å². The number of alkyl halides is 3. The molecule has 5 nitrogen and oxygen atoms in total. The summed E-state index contributed by atoms with van der Waals surface area (Å²) in [6.45, 7) is -2.02. The zero-order valence-electron chi connectivity index (χ0n) is 14.6. The first-order chi connectivity index (χ1) is 12.7. The average Bonchev–Trinajstić information content (AvgIpc) is 2.90. The van der Waals surface area contributed by atoms with Crippen LogP contribution in [-0.4, -0.2) is 47.1 Å². The Kier molecular flexibility index (Phi) is 5.43. The Balaban J connectivity index is 1.55. The lowest BCUT2D eigenvalue weighted by Crippen LogP contribution is -2.40. The maximum absolute atomic E-state index is 12.5. The van der Waals surface area contributed by atoms with Crippen molar-refractivity contribution in [3.8, 4) is 0 Å². The molecule has 2 aliphatic rings. The minimum Gasteiger partial charge on any atom is -0.503 e. The van der Waals surface area contributed by atoms with E-state index in [-0.39, 0.29) is 11.6 Å². The van der Waals surface area contributed by atoms with Crippen molar-refractivity contribution < 1.29 is 27.9 Å². The molecule has 8 heteroatoms. The number of carbonyl (C=O) groups is 2. The summed E-state index contributed by atoms with van der Waals surface area (Å²) in [4.78, 5) is 24.5. The van der Waals surface area contributed by atoms with Gasteiger partial charge in [0.15, 0.2) is 5.76 Å². The topological polar surface area (TPSA) is 69.6 Å². The second kappa shape index (κ2) is 7.62. The third-order valence-electron chi connectivity index (χ3n) is 5.10. The summed E-state index contributed by atoms with van der Waals surface area (Å²) < 4.78 is 37.5. The third-order valence-corrected chi connectivity index (χ3v) is 5.10. The lowest BCUT2D eigenvalue weighted by Gasteiger charge is -2.29. The standard InChI is InChI=1S/C19H21F3N2O3/c20-19(21,22)11-24-10-15(16(25)18(24)27)17(26)23-14-8-6-13(7-9-14)12-4-2-1-3-5-12/h1-5,13-14,25H,6-11H2,(H,23,26)/t13-,14+. The largest absolute Gasteiger partial charge is 0.503 e. The Labute approximate surface area is 154 Å². The van der Waals surface area contributed by atoms with Crippen molar-refractivity contribution >= 4 is 11.8 Å². The maximum Gasteiger partial charge on any atom is 0.406 e. The number of aliphatic hydroxyl groups is 1. The lowest BCUT2D eigenvalue weighted by molar-refractivity contribution is -0.157. The Bertz CT molecular complexity index is 738. The second-order valence-corrected chi connectivity index (χ2v) is 7.04. The van der Waals surface area contributed by atoms with E-state index in [0.717, 1.165) is 25.7 Å². The smallest absolute Gasteiger partial charge is 0.406 e. The molecule has 0 saturated heterocycles. The summed E-state index contributed by atoms with van der Waals surface area (Å²) in [5.74, 6) is -2.31. The summed E-state index contributed by atoms with van der Waals surface area (Å²) in [6.07, 6.45) is -1.34. The number of nitrogens with zero attached hydrogens (tertiary/aromatic N) is 1. The van der Waals surface area contributed by atoms with Crippen LogP contribution in [0.4, 0.5) is 13.2 Å². The van der Waals surface area contributed by atoms with Crippen molar-refractivity contribution in [2.24, 2.45) is 0 Å². The summed E-state index contributed by atoms with van der Waals surface area (Å²) in [5, 5.41) is 12.5. The van der Waals surface area contributed by atoms with Crippen molar-refractivity contribution in [2.75, 3.05) is 13.1 Å². The molecule has 1 saturated carbocycles. The van der Waals surface area contributed by atoms with Crippen molar-refractivity contribution in [2.45, 2.75) is 43.8 Å². The molecule has 0 unspecified atom stereocenters. The number of halogens is 3. The Morgan fingerprint density at radius 3 is 2.37 bits per heavy atom. The molecule has 0 radical (unpaired) electrons. The molecular weight excluding hydrogens is 361 g/mol. The average molecular weight is 382 g/mol. The second-order valence-electron chi connectivity index (χ2n) is 7.04. The number of hydrogen-bond donors (Lipinski definition) is 2. The third kappa shape index (κ3) is 4.61. The van der Waals surface area contributed by atoms with Crippen LogP contribution in [0.15, 0.2) is 41.7 Å². The fraction of sp³-hybridized carbons (Fsp3) is 0.474. The molecule has 1 heterocycles. The molecule has 0 atom stereocenters. The predicted molar refractivity (Wildman–Crippen MR) is 91.9 cm³/mol. The summed E-state index contributed by atoms with van der Waals surface area (Å²) in [5.41, 5.74) is 0.959. The highest BCUT2D eigenvalue weighted by Crippen LogP contribution is 2.33. The lowest BCUT2D eigenvalue weighted by atomic mass is 9.82. The van der Waals surface area contributed by atoms with E-state index in [0.29, 0.717) is 10.8 Å². The summed E-state index contributed by atoms with van der Waals surface area (Å²) >= 11 is 0. The van der Waals surface area contributed by atoms with E-state index < -0.39 is 36.8 Å². The van der Waals surface area contributed by atoms with Gasteiger partial charge in [0, 0.05) is 6.04 Å². The molecule has 1 aliphatic carbocycles. The van der Waals surface area contributed by atoms with Gasteiger partial charge in [0.05, 0.1) is 12.1 Å². The Morgan fingerprint density at radius 1 is 1.15 bits per heavy atom. The zero-order chi connectivity index (χ0) is 19.6. The van der Waals surface area contributed by atoms with E-state index in [2.05, 4.69) is 17.4 Å². The first-order valence-corrected chi connectivity index (χ1v) is 8.88. The predicted octanol–water partition coefficient (Wildman–Crippen LogP) is 3.05. The van der Waals surface area contributed by atoms with Crippen LogP contribution in [0.25, 0.3) is 0 Å². The first kappa shape index (κ1) is 19.3. The van der Waals surface area contributed by atoms with Crippen LogP contribution in [0.1, 0.15) is 37.2 Å². The molecule has 0 spiro atoms. The molecule has 27 heavy (non-hydrogen) atoms. The molecule has 1 aromatic carbocycles. The quantitative estimate of drug-likeness (QED) is 0.841. The van der Waals surface area contributed by atoms with E-state index in [1.165, 1.54) is 5.56 Å². The normalized spacial score (nSPS) is 23.7. The summed E-state index contributed by atoms with van der Waals surface area (Å²) in [7, 11) is 0. The summed E-state index contributed by atoms with van der Waals surface area (Å²) in [6, 6.07) is 9.97. The molecule has 2 N–H and O–H groups in total. The molecular formula is C19H21F3N2O3. The fourth-order valence-corrected chi connectivity index (χ4v) is 3.71. The first-order valence-electron chi connectivity index (χ1n) is 8.88. The number of hydrogen-bond acceptors (Lipinski definition) is 3. The number of benzene rings is 1. The van der Waals surface area contributed by atoms with Crippen LogP contribution in [0.2, 0.25) is 0 Å². The van der Waals surface area contributed by atoms with Gasteiger partial charge in [-0.05, 0) is 37.2 Å². The highest BCUT2D eigenvalue weighted by Gasteiger charge is 2.41. The maximum atomic E-state index is 12.5. The van der Waals surface area contributed by atoms with Crippen LogP contribution >= 0.6 is 0 Å². The highest BCUT2D eigenvalue weighted by atomic mass is 19.4. The van der Waals surface area contributed by atoms with Gasteiger partial charge in [0.1, 0.15) is 6.54 Å². The Hall–Kier alpha value is -2.51. The number of rotatable bonds is 4. The Morgan fingerprint density at radius 2 is 1.78 bits per heavy atom. The van der Waals surface area contributed by atoms with Crippen LogP contribution in [-0.2, 0) is 9.59 Å². The molecule has 146 valence electrons. The number of carbonyl (C=O) groups excluding carboxylic acids is 2. The van der Waals surface area contributed by atoms with Crippen LogP contribution in [0, 0.1) is 0 Å². The van der Waals surface area contributed by atoms with E-state index in [9.17, 15) is 27.9 Å². The van der Waals surface area contributed by atoms with Crippen LogP contribution in [0.3, 0.4) is 0 Å². The van der Waals surface area contributed by atoms with E-state index in [1.807, 2.05) is 18.2 Å². The van der Waals surface area contributed by atoms with E-state index >= 15 is 0 Å². The van der Waals surface area contributed by atoms with Gasteiger partial charge < -0.3 is 15.3 Å². The molecule has 0 bridgehead atoms. The molecule has 1 aliphatic heterocycles. The van der Waals surface area contributed by atoms with Gasteiger partial charge in [0.25, 0.3) is 11.8 Å². The SMILES string of the molecule is O=C(N[C@H]1CC[C@@H](c2ccccc2)CC1)C1=C(O)C(=O)N(CC(F)(F)F)C1. The number of aliphatic hydroxyl groups excluding tert-OH is 1. The van der Waals surface area contributed by atoms with Crippen molar-refractivity contribution in [3.05, 3.63) is 47.2 Å². The fourth-order valence-electron chi connectivity index (χ4n) is 3.71. The van der Waals surface area contributed by atoms with Crippen molar-refractivity contribution in [3.63, 3.8) is 0 Å². The minimum absolute atomic E-state index is 0.121. The number of amides is 2. The van der Waals surface area contributed by atoms with Gasteiger partial charge in [-0.3, -0.25) is 9.59 Å². The molecule has 2 amide bonds. The van der Waals surface area contributed by atoms with Crippen molar-refractivity contribution in [1.29, 1.82) is 0 Å². The molecule has 1 fully saturated rings. The van der Waals surface area contributed by atoms with Gasteiger partial charge in [-0.2, -0.15) is 13.2 Å².